The molecular formula is C22H24N4O2. The molecule has 0 bridgehead atoms. The fourth-order valence-corrected chi connectivity index (χ4v) is 2.97. The third kappa shape index (κ3) is 4.97. The van der Waals surface area contributed by atoms with E-state index in [2.05, 4.69) is 27.2 Å². The van der Waals surface area contributed by atoms with Gasteiger partial charge in [-0.25, -0.2) is 15.0 Å². The molecule has 0 radical (unpaired) electrons. The molecule has 6 heteroatoms. The van der Waals surface area contributed by atoms with Gasteiger partial charge in [0.05, 0.1) is 5.71 Å². The predicted molar refractivity (Wildman–Crippen MR) is 112 cm³/mol. The minimum atomic E-state index is -0.0585. The van der Waals surface area contributed by atoms with E-state index in [0.29, 0.717) is 23.0 Å². The summed E-state index contributed by atoms with van der Waals surface area (Å²) >= 11 is 0. The van der Waals surface area contributed by atoms with Gasteiger partial charge in [-0.15, -0.1) is 0 Å². The molecule has 2 heterocycles. The summed E-state index contributed by atoms with van der Waals surface area (Å²) < 4.78 is 0. The van der Waals surface area contributed by atoms with E-state index in [4.69, 9.17) is 0 Å². The number of ketones is 1. The van der Waals surface area contributed by atoms with Crippen LogP contribution in [0.25, 0.3) is 11.0 Å². The number of aliphatic imine (C=N–C) groups is 1. The van der Waals surface area contributed by atoms with Crippen molar-refractivity contribution in [2.75, 3.05) is 5.32 Å². The first kappa shape index (κ1) is 19.6. The van der Waals surface area contributed by atoms with Crippen LogP contribution in [0.5, 0.6) is 0 Å². The second kappa shape index (κ2) is 9.17. The first-order valence-electron chi connectivity index (χ1n) is 9.66. The molecule has 0 aliphatic heterocycles. The second-order valence-corrected chi connectivity index (χ2v) is 6.76. The van der Waals surface area contributed by atoms with Crippen molar-refractivity contribution in [1.82, 2.24) is 9.97 Å². The topological polar surface area (TPSA) is 84.3 Å². The maximum Gasteiger partial charge on any atom is 0.228 e. The van der Waals surface area contributed by atoms with Crippen LogP contribution in [-0.2, 0) is 9.59 Å². The number of rotatable bonds is 7. The van der Waals surface area contributed by atoms with E-state index >= 15 is 0 Å². The number of allylic oxidation sites excluding steroid dienone is 4. The fourth-order valence-electron chi connectivity index (χ4n) is 2.97. The monoisotopic (exact) mass is 376 g/mol. The van der Waals surface area contributed by atoms with Gasteiger partial charge in [-0.2, -0.15) is 0 Å². The first-order valence-corrected chi connectivity index (χ1v) is 9.66. The molecule has 0 aromatic carbocycles. The van der Waals surface area contributed by atoms with Gasteiger partial charge in [0.15, 0.2) is 17.2 Å². The summed E-state index contributed by atoms with van der Waals surface area (Å²) in [5.41, 5.74) is 1.17. The highest BCUT2D eigenvalue weighted by atomic mass is 16.2. The van der Waals surface area contributed by atoms with E-state index in [1.165, 1.54) is 12.2 Å². The van der Waals surface area contributed by atoms with Crippen molar-refractivity contribution < 1.29 is 9.59 Å². The smallest absolute Gasteiger partial charge is 0.228 e. The van der Waals surface area contributed by atoms with Crippen molar-refractivity contribution in [2.45, 2.75) is 39.5 Å². The molecule has 1 aliphatic rings. The maximum atomic E-state index is 12.5. The van der Waals surface area contributed by atoms with Crippen molar-refractivity contribution in [2.24, 2.45) is 10.9 Å². The molecule has 3 rings (SSSR count). The Morgan fingerprint density at radius 3 is 2.54 bits per heavy atom. The Hall–Kier alpha value is -3.15. The summed E-state index contributed by atoms with van der Waals surface area (Å²) in [6.45, 7) is 4.15. The molecule has 1 amide bonds. The van der Waals surface area contributed by atoms with Gasteiger partial charge in [0.25, 0.3) is 0 Å². The van der Waals surface area contributed by atoms with Gasteiger partial charge in [-0.1, -0.05) is 26.7 Å². The highest BCUT2D eigenvalue weighted by molar-refractivity contribution is 6.17. The summed E-state index contributed by atoms with van der Waals surface area (Å²) in [7, 11) is 0. The Kier molecular flexibility index (Phi) is 6.42. The predicted octanol–water partition coefficient (Wildman–Crippen LogP) is 4.55. The second-order valence-electron chi connectivity index (χ2n) is 6.76. The van der Waals surface area contributed by atoms with Crippen LogP contribution >= 0.6 is 0 Å². The number of amides is 1. The number of carbonyl (C=O) groups is 2. The van der Waals surface area contributed by atoms with Crippen LogP contribution in [0.4, 0.5) is 11.6 Å². The molecule has 1 atom stereocenters. The maximum absolute atomic E-state index is 12.5. The molecule has 28 heavy (non-hydrogen) atoms. The lowest BCUT2D eigenvalue weighted by Gasteiger charge is -2.14. The van der Waals surface area contributed by atoms with Gasteiger partial charge in [0, 0.05) is 11.3 Å². The van der Waals surface area contributed by atoms with E-state index in [1.807, 2.05) is 19.1 Å². The van der Waals surface area contributed by atoms with E-state index in [0.717, 1.165) is 31.1 Å². The first-order chi connectivity index (χ1) is 13.6. The summed E-state index contributed by atoms with van der Waals surface area (Å²) in [6, 6.07) is 7.36. The number of hydrogen-bond acceptors (Lipinski definition) is 5. The van der Waals surface area contributed by atoms with Crippen LogP contribution in [0.1, 0.15) is 39.5 Å². The van der Waals surface area contributed by atoms with Crippen LogP contribution in [-0.4, -0.2) is 27.4 Å². The Bertz CT molecular complexity index is 958. The molecule has 0 spiro atoms. The summed E-state index contributed by atoms with van der Waals surface area (Å²) in [6.07, 6.45) is 10.0. The summed E-state index contributed by atoms with van der Waals surface area (Å²) in [5, 5.41) is 3.78. The molecule has 0 saturated carbocycles. The van der Waals surface area contributed by atoms with Gasteiger partial charge in [0.1, 0.15) is 5.82 Å². The Morgan fingerprint density at radius 2 is 1.82 bits per heavy atom. The number of carbonyl (C=O) groups excluding carboxylic acids is 2. The van der Waals surface area contributed by atoms with Gasteiger partial charge in [-0.05, 0) is 61.4 Å². The molecule has 2 aromatic rings. The summed E-state index contributed by atoms with van der Waals surface area (Å²) in [4.78, 5) is 37.1. The Labute approximate surface area is 164 Å². The van der Waals surface area contributed by atoms with Crippen molar-refractivity contribution in [3.05, 3.63) is 48.6 Å². The number of nitrogens with one attached hydrogen (secondary N) is 1. The van der Waals surface area contributed by atoms with Crippen LogP contribution in [0.3, 0.4) is 0 Å². The lowest BCUT2D eigenvalue weighted by molar-refractivity contribution is -0.120. The number of pyridine rings is 2. The Balaban J connectivity index is 1.79. The van der Waals surface area contributed by atoms with E-state index in [-0.39, 0.29) is 17.6 Å². The zero-order chi connectivity index (χ0) is 19.9. The SMILES string of the molecule is CCCCC(CC)C(=O)Nc1ccc2ccc(N=C3C=CC(=O)C=C3)nc2n1. The largest absolute Gasteiger partial charge is 0.310 e. The number of hydrogen-bond donors (Lipinski definition) is 1. The standard InChI is InChI=1S/C22H24N4O2/c1-3-5-6-15(4-2)22(28)26-20-14-8-16-7-13-19(24-21(16)25-20)23-17-9-11-18(27)12-10-17/h7-15H,3-6H2,1-2H3,(H,24,25,26,28). The van der Waals surface area contributed by atoms with Crippen LogP contribution in [0.2, 0.25) is 0 Å². The van der Waals surface area contributed by atoms with Gasteiger partial charge < -0.3 is 5.32 Å². The molecule has 144 valence electrons. The Morgan fingerprint density at radius 1 is 1.07 bits per heavy atom. The van der Waals surface area contributed by atoms with Gasteiger partial charge >= 0.3 is 0 Å². The molecule has 0 saturated heterocycles. The quantitative estimate of drug-likeness (QED) is 0.718. The van der Waals surface area contributed by atoms with Crippen LogP contribution in [0, 0.1) is 5.92 Å². The number of anilines is 1. The van der Waals surface area contributed by atoms with Crippen molar-refractivity contribution in [1.29, 1.82) is 0 Å². The van der Waals surface area contributed by atoms with Crippen molar-refractivity contribution >= 4 is 40.1 Å². The van der Waals surface area contributed by atoms with Gasteiger partial charge in [-0.3, -0.25) is 9.59 Å². The zero-order valence-electron chi connectivity index (χ0n) is 16.2. The molecule has 1 aliphatic carbocycles. The van der Waals surface area contributed by atoms with Crippen molar-refractivity contribution in [3.8, 4) is 0 Å². The van der Waals surface area contributed by atoms with Gasteiger partial charge in [0.2, 0.25) is 5.91 Å². The van der Waals surface area contributed by atoms with E-state index < -0.39 is 0 Å². The van der Waals surface area contributed by atoms with E-state index in [1.54, 1.807) is 24.3 Å². The number of fused-ring (bicyclic) bond motifs is 1. The fraction of sp³-hybridized carbons (Fsp3) is 0.318. The van der Waals surface area contributed by atoms with Crippen molar-refractivity contribution in [3.63, 3.8) is 0 Å². The number of aromatic nitrogens is 2. The number of unbranched alkanes of at least 4 members (excludes halogenated alkanes) is 1. The molecule has 2 aromatic heterocycles. The third-order valence-corrected chi connectivity index (χ3v) is 4.64. The molecular weight excluding hydrogens is 352 g/mol. The molecule has 6 nitrogen and oxygen atoms in total. The lowest BCUT2D eigenvalue weighted by Crippen LogP contribution is -2.22. The summed E-state index contributed by atoms with van der Waals surface area (Å²) in [5.74, 6) is 0.929. The number of nitrogens with zero attached hydrogens (tertiary/aromatic N) is 3. The lowest BCUT2D eigenvalue weighted by atomic mass is 9.98. The minimum absolute atomic E-state index is 0.00125. The normalized spacial score (nSPS) is 14.4. The van der Waals surface area contributed by atoms with Crippen LogP contribution < -0.4 is 5.32 Å². The van der Waals surface area contributed by atoms with Crippen LogP contribution in [0.15, 0.2) is 53.6 Å². The minimum Gasteiger partial charge on any atom is -0.310 e. The average molecular weight is 376 g/mol. The average Bonchev–Trinajstić information content (AvgIpc) is 2.70. The highest BCUT2D eigenvalue weighted by Gasteiger charge is 2.16. The third-order valence-electron chi connectivity index (χ3n) is 4.64. The molecule has 1 N–H and O–H groups in total. The highest BCUT2D eigenvalue weighted by Crippen LogP contribution is 2.20. The molecule has 1 unspecified atom stereocenters. The zero-order valence-corrected chi connectivity index (χ0v) is 16.2. The van der Waals surface area contributed by atoms with E-state index in [9.17, 15) is 9.59 Å². The molecule has 0 fully saturated rings.